The van der Waals surface area contributed by atoms with Gasteiger partial charge in [-0.1, -0.05) is 0 Å². The zero-order valence-corrected chi connectivity index (χ0v) is 7.20. The molecule has 4 N–H and O–H groups in total. The highest BCUT2D eigenvalue weighted by molar-refractivity contribution is 4.89. The Morgan fingerprint density at radius 1 is 1.31 bits per heavy atom. The Morgan fingerprint density at radius 3 is 2.31 bits per heavy atom. The molecule has 1 rings (SSSR count). The summed E-state index contributed by atoms with van der Waals surface area (Å²) in [7, 11) is 1.39. The molecule has 1 fully saturated rings. The molecule has 1 aliphatic rings. The first kappa shape index (κ1) is 10.8. The maximum absolute atomic E-state index is 9.32. The van der Waals surface area contributed by atoms with Gasteiger partial charge in [0.05, 0.1) is 6.61 Å². The van der Waals surface area contributed by atoms with Gasteiger partial charge < -0.3 is 29.9 Å². The van der Waals surface area contributed by atoms with Crippen molar-refractivity contribution < 1.29 is 29.9 Å². The molecule has 0 aromatic carbocycles. The Kier molecular flexibility index (Phi) is 3.60. The van der Waals surface area contributed by atoms with Crippen LogP contribution in [0.2, 0.25) is 0 Å². The van der Waals surface area contributed by atoms with E-state index in [0.29, 0.717) is 0 Å². The van der Waals surface area contributed by atoms with Crippen LogP contribution in [-0.4, -0.2) is 64.8 Å². The lowest BCUT2D eigenvalue weighted by atomic mass is 10.1. The summed E-state index contributed by atoms with van der Waals surface area (Å²) in [6.07, 6.45) is -6.19. The Balaban J connectivity index is 2.52. The highest BCUT2D eigenvalue weighted by Crippen LogP contribution is 2.22. The highest BCUT2D eigenvalue weighted by atomic mass is 16.7. The van der Waals surface area contributed by atoms with E-state index in [2.05, 4.69) is 4.74 Å². The fraction of sp³-hybridized carbons (Fsp3) is 1.00. The number of aliphatic hydroxyl groups is 4. The molecule has 6 heteroatoms. The van der Waals surface area contributed by atoms with Gasteiger partial charge in [0.1, 0.15) is 24.4 Å². The van der Waals surface area contributed by atoms with Gasteiger partial charge in [-0.3, -0.25) is 0 Å². The lowest BCUT2D eigenvalue weighted by molar-refractivity contribution is -0.151. The van der Waals surface area contributed by atoms with Crippen molar-refractivity contribution in [3.8, 4) is 0 Å². The Hall–Kier alpha value is -0.240. The number of hydrogen-bond acceptors (Lipinski definition) is 6. The number of methoxy groups -OCH3 is 1. The zero-order chi connectivity index (χ0) is 10.0. The second kappa shape index (κ2) is 4.32. The van der Waals surface area contributed by atoms with Crippen LogP contribution in [0.15, 0.2) is 0 Å². The van der Waals surface area contributed by atoms with Crippen LogP contribution in [0.5, 0.6) is 0 Å². The van der Waals surface area contributed by atoms with Crippen LogP contribution in [0.4, 0.5) is 0 Å². The predicted octanol–water partition coefficient (Wildman–Crippen LogP) is -2.57. The predicted molar refractivity (Wildman–Crippen MR) is 40.8 cm³/mol. The molecule has 0 aromatic heterocycles. The molecule has 0 radical (unpaired) electrons. The second-order valence-corrected chi connectivity index (χ2v) is 3.00. The molecular formula is C7H14O6. The smallest absolute Gasteiger partial charge is 0.184 e. The van der Waals surface area contributed by atoms with Crippen molar-refractivity contribution in [1.29, 1.82) is 0 Å². The summed E-state index contributed by atoms with van der Waals surface area (Å²) in [5.74, 6) is 0. The van der Waals surface area contributed by atoms with Gasteiger partial charge in [-0.05, 0) is 0 Å². The lowest BCUT2D eigenvalue weighted by Gasteiger charge is -2.19. The summed E-state index contributed by atoms with van der Waals surface area (Å²) in [4.78, 5) is 0. The first-order valence-corrected chi connectivity index (χ1v) is 3.94. The van der Waals surface area contributed by atoms with Gasteiger partial charge in [0.2, 0.25) is 0 Å². The van der Waals surface area contributed by atoms with E-state index in [9.17, 15) is 10.2 Å². The van der Waals surface area contributed by atoms with Crippen LogP contribution < -0.4 is 0 Å². The van der Waals surface area contributed by atoms with E-state index in [4.69, 9.17) is 14.9 Å². The number of aliphatic hydroxyl groups excluding tert-OH is 4. The minimum absolute atomic E-state index is 0.0266. The van der Waals surface area contributed by atoms with Crippen molar-refractivity contribution in [2.45, 2.75) is 30.7 Å². The summed E-state index contributed by atoms with van der Waals surface area (Å²) in [5, 5.41) is 36.6. The summed E-state index contributed by atoms with van der Waals surface area (Å²) in [5.41, 5.74) is 0. The van der Waals surface area contributed by atoms with Crippen LogP contribution in [0.3, 0.4) is 0 Å². The largest absolute Gasteiger partial charge is 0.388 e. The van der Waals surface area contributed by atoms with E-state index in [-0.39, 0.29) is 6.61 Å². The minimum Gasteiger partial charge on any atom is -0.388 e. The zero-order valence-electron chi connectivity index (χ0n) is 7.20. The van der Waals surface area contributed by atoms with Gasteiger partial charge in [0.15, 0.2) is 6.29 Å². The van der Waals surface area contributed by atoms with Crippen molar-refractivity contribution in [2.75, 3.05) is 13.7 Å². The van der Waals surface area contributed by atoms with E-state index in [1.54, 1.807) is 0 Å². The molecule has 78 valence electrons. The van der Waals surface area contributed by atoms with Gasteiger partial charge in [-0.25, -0.2) is 0 Å². The topological polar surface area (TPSA) is 99.4 Å². The molecule has 1 aliphatic heterocycles. The Bertz CT molecular complexity index is 163. The standard InChI is InChI=1S/C7H14O6/c1-12-2-3(8)6-4(9)5(10)7(11)13-6/h3-11H,2H2,1H3. The van der Waals surface area contributed by atoms with Crippen molar-refractivity contribution in [1.82, 2.24) is 0 Å². The van der Waals surface area contributed by atoms with Gasteiger partial charge in [-0.15, -0.1) is 0 Å². The van der Waals surface area contributed by atoms with E-state index < -0.39 is 30.7 Å². The first-order chi connectivity index (χ1) is 6.07. The van der Waals surface area contributed by atoms with E-state index in [1.165, 1.54) is 7.11 Å². The maximum atomic E-state index is 9.32. The lowest BCUT2D eigenvalue weighted by Crippen LogP contribution is -2.40. The van der Waals surface area contributed by atoms with Crippen LogP contribution >= 0.6 is 0 Å². The molecule has 0 aromatic rings. The molecule has 0 spiro atoms. The molecule has 0 bridgehead atoms. The van der Waals surface area contributed by atoms with Crippen LogP contribution in [0.1, 0.15) is 0 Å². The number of rotatable bonds is 3. The quantitative estimate of drug-likeness (QED) is 0.394. The van der Waals surface area contributed by atoms with Crippen LogP contribution in [0.25, 0.3) is 0 Å². The van der Waals surface area contributed by atoms with E-state index >= 15 is 0 Å². The van der Waals surface area contributed by atoms with Crippen molar-refractivity contribution in [2.24, 2.45) is 0 Å². The summed E-state index contributed by atoms with van der Waals surface area (Å²) < 4.78 is 9.36. The highest BCUT2D eigenvalue weighted by Gasteiger charge is 2.45. The van der Waals surface area contributed by atoms with Gasteiger partial charge in [-0.2, -0.15) is 0 Å². The molecule has 5 atom stereocenters. The summed E-state index contributed by atoms with van der Waals surface area (Å²) >= 11 is 0. The molecule has 1 saturated heterocycles. The maximum Gasteiger partial charge on any atom is 0.184 e. The van der Waals surface area contributed by atoms with Crippen molar-refractivity contribution in [3.63, 3.8) is 0 Å². The number of ether oxygens (including phenoxy) is 2. The van der Waals surface area contributed by atoms with Crippen molar-refractivity contribution in [3.05, 3.63) is 0 Å². The molecule has 6 nitrogen and oxygen atoms in total. The van der Waals surface area contributed by atoms with Gasteiger partial charge in [0.25, 0.3) is 0 Å². The molecule has 0 aliphatic carbocycles. The third-order valence-electron chi connectivity index (χ3n) is 1.99. The average Bonchev–Trinajstić information content (AvgIpc) is 2.33. The van der Waals surface area contributed by atoms with Gasteiger partial charge in [0, 0.05) is 7.11 Å². The van der Waals surface area contributed by atoms with E-state index in [0.717, 1.165) is 0 Å². The molecule has 13 heavy (non-hydrogen) atoms. The fourth-order valence-corrected chi connectivity index (χ4v) is 1.27. The third kappa shape index (κ3) is 2.16. The van der Waals surface area contributed by atoms with Crippen LogP contribution in [0, 0.1) is 0 Å². The first-order valence-electron chi connectivity index (χ1n) is 3.94. The minimum atomic E-state index is -1.45. The second-order valence-electron chi connectivity index (χ2n) is 3.00. The average molecular weight is 194 g/mol. The van der Waals surface area contributed by atoms with Crippen LogP contribution in [-0.2, 0) is 9.47 Å². The van der Waals surface area contributed by atoms with Gasteiger partial charge >= 0.3 is 0 Å². The SMILES string of the molecule is COCC(O)C1OC(O)C(O)C1O. The number of hydrogen-bond donors (Lipinski definition) is 4. The molecule has 1 heterocycles. The van der Waals surface area contributed by atoms with Crippen molar-refractivity contribution >= 4 is 0 Å². The fourth-order valence-electron chi connectivity index (χ4n) is 1.27. The normalized spacial score (nSPS) is 42.2. The Morgan fingerprint density at radius 2 is 1.92 bits per heavy atom. The molecule has 0 amide bonds. The monoisotopic (exact) mass is 194 g/mol. The summed E-state index contributed by atoms with van der Waals surface area (Å²) in [6.45, 7) is -0.0266. The summed E-state index contributed by atoms with van der Waals surface area (Å²) in [6, 6.07) is 0. The Labute approximate surface area is 75.3 Å². The molecule has 0 saturated carbocycles. The third-order valence-corrected chi connectivity index (χ3v) is 1.99. The molecule has 5 unspecified atom stereocenters. The van der Waals surface area contributed by atoms with E-state index in [1.807, 2.05) is 0 Å². The molecular weight excluding hydrogens is 180 g/mol.